The second-order valence-electron chi connectivity index (χ2n) is 3.98. The molecule has 0 spiro atoms. The molecule has 1 aliphatic rings. The summed E-state index contributed by atoms with van der Waals surface area (Å²) in [7, 11) is 0. The normalized spacial score (nSPS) is 13.2. The number of fused-ring (bicyclic) bond motifs is 1. The monoisotopic (exact) mass is 386 g/mol. The molecule has 0 fully saturated rings. The Morgan fingerprint density at radius 1 is 1.33 bits per heavy atom. The number of hydrogen-bond donors (Lipinski definition) is 0. The van der Waals surface area contributed by atoms with Crippen molar-refractivity contribution in [1.82, 2.24) is 0 Å². The van der Waals surface area contributed by atoms with E-state index in [2.05, 4.69) is 31.9 Å². The second kappa shape index (κ2) is 4.79. The van der Waals surface area contributed by atoms with Crippen molar-refractivity contribution in [2.75, 3.05) is 6.61 Å². The van der Waals surface area contributed by atoms with Crippen LogP contribution in [-0.2, 0) is 6.42 Å². The van der Waals surface area contributed by atoms with Crippen molar-refractivity contribution in [3.63, 3.8) is 0 Å². The maximum absolute atomic E-state index is 12.4. The summed E-state index contributed by atoms with van der Waals surface area (Å²) < 4.78 is 7.19. The molecule has 0 saturated heterocycles. The van der Waals surface area contributed by atoms with Gasteiger partial charge in [0.2, 0.25) is 5.78 Å². The highest BCUT2D eigenvalue weighted by molar-refractivity contribution is 9.13. The van der Waals surface area contributed by atoms with E-state index in [1.54, 1.807) is 0 Å². The summed E-state index contributed by atoms with van der Waals surface area (Å²) in [6.07, 6.45) is 0.881. The fourth-order valence-electron chi connectivity index (χ4n) is 1.93. The predicted octanol–water partition coefficient (Wildman–Crippen LogP) is 4.44. The molecule has 92 valence electrons. The number of halogens is 2. The third-order valence-electron chi connectivity index (χ3n) is 2.85. The van der Waals surface area contributed by atoms with Crippen molar-refractivity contribution in [2.24, 2.45) is 0 Å². The number of benzene rings is 1. The summed E-state index contributed by atoms with van der Waals surface area (Å²) >= 11 is 8.26. The molecule has 2 heterocycles. The third kappa shape index (κ3) is 2.04. The van der Waals surface area contributed by atoms with E-state index >= 15 is 0 Å². The van der Waals surface area contributed by atoms with Gasteiger partial charge in [0.25, 0.3) is 0 Å². The van der Waals surface area contributed by atoms with Crippen LogP contribution in [0, 0.1) is 0 Å². The van der Waals surface area contributed by atoms with Gasteiger partial charge >= 0.3 is 0 Å². The van der Waals surface area contributed by atoms with Crippen LogP contribution in [0.2, 0.25) is 0 Å². The van der Waals surface area contributed by atoms with Crippen molar-refractivity contribution < 1.29 is 9.53 Å². The largest absolute Gasteiger partial charge is 0.493 e. The highest BCUT2D eigenvalue weighted by Crippen LogP contribution is 2.35. The molecule has 18 heavy (non-hydrogen) atoms. The number of ketones is 1. The number of rotatable bonds is 2. The first-order valence-electron chi connectivity index (χ1n) is 5.39. The minimum Gasteiger partial charge on any atom is -0.493 e. The van der Waals surface area contributed by atoms with E-state index in [4.69, 9.17) is 4.74 Å². The van der Waals surface area contributed by atoms with Crippen molar-refractivity contribution in [2.45, 2.75) is 6.42 Å². The standard InChI is InChI=1S/C13H8Br2O2S/c14-9-6-18-13(11(9)15)12(16)8-1-2-10-7(5-8)3-4-17-10/h1-2,5-6H,3-4H2. The molecular weight excluding hydrogens is 380 g/mol. The summed E-state index contributed by atoms with van der Waals surface area (Å²) in [4.78, 5) is 13.1. The van der Waals surface area contributed by atoms with E-state index in [-0.39, 0.29) is 5.78 Å². The van der Waals surface area contributed by atoms with Crippen LogP contribution in [-0.4, -0.2) is 12.4 Å². The van der Waals surface area contributed by atoms with E-state index in [9.17, 15) is 4.79 Å². The average molecular weight is 388 g/mol. The molecule has 2 nitrogen and oxygen atoms in total. The first-order chi connectivity index (χ1) is 8.66. The molecule has 0 unspecified atom stereocenters. The van der Waals surface area contributed by atoms with Gasteiger partial charge in [-0.25, -0.2) is 0 Å². The Balaban J connectivity index is 2.00. The first-order valence-corrected chi connectivity index (χ1v) is 7.86. The van der Waals surface area contributed by atoms with Gasteiger partial charge in [0, 0.05) is 21.8 Å². The molecule has 0 bridgehead atoms. The SMILES string of the molecule is O=C(c1ccc2c(c1)CCO2)c1scc(Br)c1Br. The van der Waals surface area contributed by atoms with Crippen molar-refractivity contribution in [3.8, 4) is 5.75 Å². The van der Waals surface area contributed by atoms with Gasteiger partial charge in [-0.3, -0.25) is 4.79 Å². The average Bonchev–Trinajstić information content (AvgIpc) is 2.96. The fourth-order valence-corrected chi connectivity index (χ4v) is 4.05. The van der Waals surface area contributed by atoms with Gasteiger partial charge < -0.3 is 4.74 Å². The van der Waals surface area contributed by atoms with Crippen molar-refractivity contribution in [1.29, 1.82) is 0 Å². The van der Waals surface area contributed by atoms with Crippen molar-refractivity contribution >= 4 is 49.0 Å². The molecule has 0 aliphatic carbocycles. The third-order valence-corrected chi connectivity index (χ3v) is 6.37. The van der Waals surface area contributed by atoms with Crippen LogP contribution >= 0.6 is 43.2 Å². The topological polar surface area (TPSA) is 26.3 Å². The molecule has 1 aromatic heterocycles. The summed E-state index contributed by atoms with van der Waals surface area (Å²) in [5, 5.41) is 1.91. The van der Waals surface area contributed by atoms with Crippen LogP contribution < -0.4 is 4.74 Å². The lowest BCUT2D eigenvalue weighted by atomic mass is 10.0. The zero-order valence-corrected chi connectivity index (χ0v) is 13.2. The van der Waals surface area contributed by atoms with Crippen LogP contribution in [0.4, 0.5) is 0 Å². The van der Waals surface area contributed by atoms with Gasteiger partial charge in [0.05, 0.1) is 16.0 Å². The molecular formula is C13H8Br2O2S. The molecule has 0 atom stereocenters. The maximum atomic E-state index is 12.4. The van der Waals surface area contributed by atoms with Crippen LogP contribution in [0.25, 0.3) is 0 Å². The highest BCUT2D eigenvalue weighted by Gasteiger charge is 2.19. The van der Waals surface area contributed by atoms with Crippen LogP contribution in [0.3, 0.4) is 0 Å². The van der Waals surface area contributed by atoms with Crippen LogP contribution in [0.15, 0.2) is 32.5 Å². The van der Waals surface area contributed by atoms with Gasteiger partial charge in [-0.2, -0.15) is 0 Å². The lowest BCUT2D eigenvalue weighted by Crippen LogP contribution is -2.00. The van der Waals surface area contributed by atoms with E-state index < -0.39 is 0 Å². The van der Waals surface area contributed by atoms with Gasteiger partial charge in [0.15, 0.2) is 0 Å². The zero-order chi connectivity index (χ0) is 12.7. The van der Waals surface area contributed by atoms with E-state index in [1.165, 1.54) is 11.3 Å². The molecule has 1 aliphatic heterocycles. The quantitative estimate of drug-likeness (QED) is 0.712. The maximum Gasteiger partial charge on any atom is 0.204 e. The summed E-state index contributed by atoms with van der Waals surface area (Å²) in [5.41, 5.74) is 1.84. The van der Waals surface area contributed by atoms with E-state index in [1.807, 2.05) is 23.6 Å². The Hall–Kier alpha value is -0.650. The number of hydrogen-bond acceptors (Lipinski definition) is 3. The van der Waals surface area contributed by atoms with Gasteiger partial charge in [0.1, 0.15) is 5.75 Å². The Morgan fingerprint density at radius 2 is 2.17 bits per heavy atom. The first kappa shape index (κ1) is 12.4. The molecule has 5 heteroatoms. The Morgan fingerprint density at radius 3 is 2.89 bits per heavy atom. The summed E-state index contributed by atoms with van der Waals surface area (Å²) in [6.45, 7) is 0.710. The number of carbonyl (C=O) groups is 1. The van der Waals surface area contributed by atoms with E-state index in [0.717, 1.165) is 31.6 Å². The molecule has 0 saturated carbocycles. The fraction of sp³-hybridized carbons (Fsp3) is 0.154. The summed E-state index contributed by atoms with van der Waals surface area (Å²) in [5.74, 6) is 0.949. The molecule has 0 N–H and O–H groups in total. The number of thiophene rings is 1. The van der Waals surface area contributed by atoms with Gasteiger partial charge in [-0.15, -0.1) is 11.3 Å². The molecule has 2 aromatic rings. The van der Waals surface area contributed by atoms with Gasteiger partial charge in [-0.05, 0) is 55.6 Å². The Kier molecular flexibility index (Phi) is 3.30. The molecule has 3 rings (SSSR count). The minimum absolute atomic E-state index is 0.0484. The zero-order valence-electron chi connectivity index (χ0n) is 9.20. The van der Waals surface area contributed by atoms with Crippen LogP contribution in [0.1, 0.15) is 20.8 Å². The Bertz CT molecular complexity index is 634. The summed E-state index contributed by atoms with van der Waals surface area (Å²) in [6, 6.07) is 5.64. The van der Waals surface area contributed by atoms with Crippen LogP contribution in [0.5, 0.6) is 5.75 Å². The predicted molar refractivity (Wildman–Crippen MR) is 78.8 cm³/mol. The van der Waals surface area contributed by atoms with Gasteiger partial charge in [-0.1, -0.05) is 0 Å². The van der Waals surface area contributed by atoms with E-state index in [0.29, 0.717) is 12.2 Å². The Labute approximate surface area is 125 Å². The second-order valence-corrected chi connectivity index (χ2v) is 6.50. The molecule has 0 radical (unpaired) electrons. The lowest BCUT2D eigenvalue weighted by Gasteiger charge is -2.03. The lowest BCUT2D eigenvalue weighted by molar-refractivity contribution is 0.104. The van der Waals surface area contributed by atoms with Crippen molar-refractivity contribution in [3.05, 3.63) is 48.5 Å². The molecule has 1 aromatic carbocycles. The number of carbonyl (C=O) groups excluding carboxylic acids is 1. The number of ether oxygens (including phenoxy) is 1. The minimum atomic E-state index is 0.0484. The molecule has 0 amide bonds. The highest BCUT2D eigenvalue weighted by atomic mass is 79.9. The smallest absolute Gasteiger partial charge is 0.204 e.